The van der Waals surface area contributed by atoms with Gasteiger partial charge in [-0.3, -0.25) is 14.4 Å². The molecule has 3 aliphatic rings. The van der Waals surface area contributed by atoms with Gasteiger partial charge in [0.25, 0.3) is 5.91 Å². The lowest BCUT2D eigenvalue weighted by Gasteiger charge is -2.29. The van der Waals surface area contributed by atoms with E-state index in [4.69, 9.17) is 18.9 Å². The lowest BCUT2D eigenvalue weighted by atomic mass is 9.83. The first-order valence-corrected chi connectivity index (χ1v) is 14.7. The number of carbonyl (C=O) groups is 3. The van der Waals surface area contributed by atoms with E-state index in [1.165, 1.54) is 13.2 Å². The van der Waals surface area contributed by atoms with E-state index in [1.807, 2.05) is 0 Å². The maximum atomic E-state index is 15.0. The summed E-state index contributed by atoms with van der Waals surface area (Å²) in [6.45, 7) is 2.02. The molecule has 0 radical (unpaired) electrons. The molecule has 45 heavy (non-hydrogen) atoms. The third kappa shape index (κ3) is 7.00. The lowest BCUT2D eigenvalue weighted by Crippen LogP contribution is -2.51. The van der Waals surface area contributed by atoms with Crippen LogP contribution in [0.5, 0.6) is 11.5 Å². The number of methoxy groups -OCH3 is 1. The van der Waals surface area contributed by atoms with Crippen molar-refractivity contribution >= 4 is 23.5 Å². The summed E-state index contributed by atoms with van der Waals surface area (Å²) >= 11 is 0. The smallest absolute Gasteiger partial charge is 0.419 e. The number of ether oxygens (including phenoxy) is 4. The summed E-state index contributed by atoms with van der Waals surface area (Å²) in [6, 6.07) is 3.49. The average molecular weight is 641 g/mol. The van der Waals surface area contributed by atoms with Crippen LogP contribution in [0.2, 0.25) is 0 Å². The number of nitrogens with one attached hydrogen (secondary N) is 2. The summed E-state index contributed by atoms with van der Waals surface area (Å²) in [6.07, 6.45) is -3.52. The second-order valence-electron chi connectivity index (χ2n) is 11.3. The topological polar surface area (TPSA) is 112 Å². The van der Waals surface area contributed by atoms with E-state index < -0.39 is 65.5 Å². The summed E-state index contributed by atoms with van der Waals surface area (Å²) in [7, 11) is 1.26. The molecule has 244 valence electrons. The molecule has 1 aliphatic carbocycles. The molecule has 2 N–H and O–H groups in total. The SMILES string of the molecule is CCOC(=O)[C@H]1CC[C@@H](Oc2cc(C(=O)N[C@H]3[C@@H](C(=O)Nc4ccc(F)c(C(F)(F)F)c4)[C@H]4CC[C@@H]3O4)c(OC)cc2F)CC1. The maximum absolute atomic E-state index is 15.0. The molecular weight excluding hydrogens is 607 g/mol. The first-order valence-electron chi connectivity index (χ1n) is 14.7. The van der Waals surface area contributed by atoms with Crippen molar-refractivity contribution in [3.05, 3.63) is 53.1 Å². The number of esters is 1. The number of benzene rings is 2. The van der Waals surface area contributed by atoms with Gasteiger partial charge in [0, 0.05) is 11.8 Å². The van der Waals surface area contributed by atoms with Crippen molar-refractivity contribution in [3.63, 3.8) is 0 Å². The van der Waals surface area contributed by atoms with Gasteiger partial charge in [-0.1, -0.05) is 0 Å². The van der Waals surface area contributed by atoms with Crippen molar-refractivity contribution in [1.29, 1.82) is 0 Å². The molecule has 2 amide bonds. The van der Waals surface area contributed by atoms with E-state index in [2.05, 4.69) is 10.6 Å². The number of carbonyl (C=O) groups excluding carboxylic acids is 3. The van der Waals surface area contributed by atoms with E-state index in [0.29, 0.717) is 50.7 Å². The van der Waals surface area contributed by atoms with Crippen LogP contribution in [-0.4, -0.2) is 55.9 Å². The molecule has 0 aromatic heterocycles. The van der Waals surface area contributed by atoms with Gasteiger partial charge < -0.3 is 29.6 Å². The van der Waals surface area contributed by atoms with Crippen LogP contribution in [0.1, 0.15) is 61.4 Å². The minimum atomic E-state index is -4.96. The van der Waals surface area contributed by atoms with Crippen molar-refractivity contribution in [2.75, 3.05) is 19.0 Å². The minimum Gasteiger partial charge on any atom is -0.496 e. The molecule has 2 aromatic carbocycles. The van der Waals surface area contributed by atoms with Crippen LogP contribution in [0.25, 0.3) is 0 Å². The standard InChI is InChI=1S/C31H33F5N2O7/c1-3-43-30(41)15-4-7-17(8-5-15)44-25-13-18(24(42-2)14-21(25)33)28(39)38-27-23-11-10-22(45-23)26(27)29(40)37-16-6-9-20(32)19(12-16)31(34,35)36/h6,9,12-15,17,22-23,26-27H,3-5,7-8,10-11H2,1-2H3,(H,37,40)(H,38,39)/t15-,17+,22-,23+,26+,27-/m1/s1. The maximum Gasteiger partial charge on any atom is 0.419 e. The predicted molar refractivity (Wildman–Crippen MR) is 149 cm³/mol. The molecule has 9 nitrogen and oxygen atoms in total. The molecule has 2 aliphatic heterocycles. The summed E-state index contributed by atoms with van der Waals surface area (Å²) in [4.78, 5) is 38.9. The molecule has 0 unspecified atom stereocenters. The second-order valence-corrected chi connectivity index (χ2v) is 11.3. The predicted octanol–water partition coefficient (Wildman–Crippen LogP) is 5.41. The number of rotatable bonds is 9. The van der Waals surface area contributed by atoms with E-state index in [9.17, 15) is 36.3 Å². The van der Waals surface area contributed by atoms with Gasteiger partial charge in [-0.05, 0) is 69.7 Å². The summed E-state index contributed by atoms with van der Waals surface area (Å²) in [5.41, 5.74) is -1.85. The first-order chi connectivity index (χ1) is 21.4. The van der Waals surface area contributed by atoms with Crippen LogP contribution < -0.4 is 20.1 Å². The Morgan fingerprint density at radius 1 is 0.933 bits per heavy atom. The lowest BCUT2D eigenvalue weighted by molar-refractivity contribution is -0.149. The van der Waals surface area contributed by atoms with E-state index in [0.717, 1.165) is 12.1 Å². The first kappa shape index (κ1) is 32.5. The Morgan fingerprint density at radius 2 is 1.64 bits per heavy atom. The monoisotopic (exact) mass is 640 g/mol. The Labute approximate surface area is 255 Å². The molecule has 5 rings (SSSR count). The zero-order chi connectivity index (χ0) is 32.5. The zero-order valence-electron chi connectivity index (χ0n) is 24.5. The Hall–Kier alpha value is -3.94. The number of alkyl halides is 3. The van der Waals surface area contributed by atoms with Gasteiger partial charge in [0.15, 0.2) is 11.6 Å². The Morgan fingerprint density at radius 3 is 2.31 bits per heavy atom. The average Bonchev–Trinajstić information content (AvgIpc) is 3.61. The van der Waals surface area contributed by atoms with E-state index in [-0.39, 0.29) is 41.2 Å². The summed E-state index contributed by atoms with van der Waals surface area (Å²) in [5.74, 6) is -5.41. The highest BCUT2D eigenvalue weighted by Crippen LogP contribution is 2.41. The largest absolute Gasteiger partial charge is 0.496 e. The molecule has 2 saturated heterocycles. The Balaban J connectivity index is 1.30. The van der Waals surface area contributed by atoms with Gasteiger partial charge in [-0.15, -0.1) is 0 Å². The number of hydrogen-bond donors (Lipinski definition) is 2. The highest BCUT2D eigenvalue weighted by atomic mass is 19.4. The zero-order valence-corrected chi connectivity index (χ0v) is 24.5. The van der Waals surface area contributed by atoms with Gasteiger partial charge in [0.05, 0.1) is 61.0 Å². The molecule has 2 heterocycles. The van der Waals surface area contributed by atoms with Crippen LogP contribution >= 0.6 is 0 Å². The van der Waals surface area contributed by atoms with Crippen LogP contribution in [-0.2, 0) is 25.2 Å². The van der Waals surface area contributed by atoms with Crippen LogP contribution in [0.3, 0.4) is 0 Å². The molecule has 2 bridgehead atoms. The Kier molecular flexibility index (Phi) is 9.52. The quantitative estimate of drug-likeness (QED) is 0.279. The second kappa shape index (κ2) is 13.2. The molecule has 1 saturated carbocycles. The van der Waals surface area contributed by atoms with Gasteiger partial charge in [0.1, 0.15) is 11.6 Å². The summed E-state index contributed by atoms with van der Waals surface area (Å²) in [5, 5.41) is 5.16. The van der Waals surface area contributed by atoms with Crippen molar-refractivity contribution in [2.45, 2.75) is 76.0 Å². The fraction of sp³-hybridized carbons (Fsp3) is 0.516. The molecule has 0 spiro atoms. The van der Waals surface area contributed by atoms with Crippen molar-refractivity contribution in [2.24, 2.45) is 11.8 Å². The molecule has 2 aromatic rings. The molecule has 4 atom stereocenters. The van der Waals surface area contributed by atoms with Gasteiger partial charge in [0.2, 0.25) is 5.91 Å². The minimum absolute atomic E-state index is 0.0654. The van der Waals surface area contributed by atoms with Crippen molar-refractivity contribution in [1.82, 2.24) is 5.32 Å². The van der Waals surface area contributed by atoms with Gasteiger partial charge >= 0.3 is 12.1 Å². The summed E-state index contributed by atoms with van der Waals surface area (Å²) < 4.78 is 90.4. The number of anilines is 1. The van der Waals surface area contributed by atoms with Crippen molar-refractivity contribution in [3.8, 4) is 11.5 Å². The molecule has 3 fully saturated rings. The molecule has 14 heteroatoms. The fourth-order valence-electron chi connectivity index (χ4n) is 6.30. The number of amides is 2. The van der Waals surface area contributed by atoms with Crippen LogP contribution in [0, 0.1) is 23.5 Å². The third-order valence-electron chi connectivity index (χ3n) is 8.50. The van der Waals surface area contributed by atoms with Crippen LogP contribution in [0.4, 0.5) is 27.6 Å². The highest BCUT2D eigenvalue weighted by molar-refractivity contribution is 5.99. The highest BCUT2D eigenvalue weighted by Gasteiger charge is 2.53. The van der Waals surface area contributed by atoms with E-state index >= 15 is 0 Å². The van der Waals surface area contributed by atoms with Crippen LogP contribution in [0.15, 0.2) is 30.3 Å². The third-order valence-corrected chi connectivity index (χ3v) is 8.50. The normalized spacial score (nSPS) is 25.8. The van der Waals surface area contributed by atoms with Gasteiger partial charge in [-0.25, -0.2) is 8.78 Å². The van der Waals surface area contributed by atoms with Gasteiger partial charge in [-0.2, -0.15) is 13.2 Å². The Bertz CT molecular complexity index is 1440. The number of hydrogen-bond acceptors (Lipinski definition) is 7. The van der Waals surface area contributed by atoms with E-state index in [1.54, 1.807) is 6.92 Å². The molecular formula is C31H33F5N2O7. The number of halogens is 5. The van der Waals surface area contributed by atoms with Crippen molar-refractivity contribution < 1.29 is 55.3 Å². The fourth-order valence-corrected chi connectivity index (χ4v) is 6.30. The number of fused-ring (bicyclic) bond motifs is 2.